The number of hydrogen-bond acceptors (Lipinski definition) is 0. The maximum absolute atomic E-state index is 2.81. The Morgan fingerprint density at radius 2 is 2.14 bits per heavy atom. The molecule has 0 spiro atoms. The Hall–Kier alpha value is 0.162. The van der Waals surface area contributed by atoms with E-state index in [0.29, 0.717) is 0 Å². The molecule has 7 heavy (non-hydrogen) atoms. The van der Waals surface area contributed by atoms with Crippen molar-refractivity contribution >= 4 is 0 Å². The van der Waals surface area contributed by atoms with Crippen molar-refractivity contribution in [3.05, 3.63) is 18.7 Å². The molecular weight excluding hydrogens is 206 g/mol. The zero-order valence-corrected chi connectivity index (χ0v) is 5.74. The van der Waals surface area contributed by atoms with Crippen molar-refractivity contribution < 1.29 is 37.8 Å². The van der Waals surface area contributed by atoms with Crippen molar-refractivity contribution in [1.29, 1.82) is 0 Å². The van der Waals surface area contributed by atoms with Crippen LogP contribution in [0.15, 0.2) is 18.7 Å². The summed E-state index contributed by atoms with van der Waals surface area (Å²) in [6.45, 7) is 0. The molecule has 0 aliphatic heterocycles. The smallest absolute Gasteiger partial charge is 0.239 e. The predicted molar refractivity (Wildman–Crippen MR) is 17.3 cm³/mol. The van der Waals surface area contributed by atoms with Crippen molar-refractivity contribution in [2.75, 3.05) is 0 Å². The van der Waals surface area contributed by atoms with Gasteiger partial charge in [-0.25, -0.2) is 0 Å². The first-order valence-electron chi connectivity index (χ1n) is 1.49. The summed E-state index contributed by atoms with van der Waals surface area (Å²) in [5.74, 6) is 0. The van der Waals surface area contributed by atoms with Gasteiger partial charge < -0.3 is 12.4 Å². The standard InChI is InChI=1S/C3H4N2.ClH.Pd/c1-2-5-3-4-1;;/h1-3H,(H,4,5);1H;. The molecule has 0 saturated carbocycles. The molecule has 1 rings (SSSR count). The molecule has 0 fully saturated rings. The number of imidazole rings is 1. The van der Waals surface area contributed by atoms with E-state index >= 15 is 0 Å². The zero-order chi connectivity index (χ0) is 3.54. The molecule has 0 saturated heterocycles. The van der Waals surface area contributed by atoms with Crippen LogP contribution in [-0.2, 0) is 20.4 Å². The summed E-state index contributed by atoms with van der Waals surface area (Å²) >= 11 is 0. The van der Waals surface area contributed by atoms with Crippen LogP contribution in [0.3, 0.4) is 0 Å². The Labute approximate surface area is 61.8 Å². The molecule has 4 heteroatoms. The van der Waals surface area contributed by atoms with E-state index in [2.05, 4.69) is 9.97 Å². The maximum Gasteiger partial charge on any atom is 0.239 e. The summed E-state index contributed by atoms with van der Waals surface area (Å²) in [6, 6.07) is 0. The molecule has 2 N–H and O–H groups in total. The van der Waals surface area contributed by atoms with Gasteiger partial charge in [0, 0.05) is 20.4 Å². The number of halogens is 1. The zero-order valence-electron chi connectivity index (χ0n) is 3.43. The van der Waals surface area contributed by atoms with E-state index in [-0.39, 0.29) is 32.8 Å². The topological polar surface area (TPSA) is 29.9 Å². The van der Waals surface area contributed by atoms with Crippen LogP contribution in [0, 0.1) is 0 Å². The van der Waals surface area contributed by atoms with Crippen LogP contribution in [-0.4, -0.2) is 4.98 Å². The molecule has 0 aromatic carbocycles. The van der Waals surface area contributed by atoms with Crippen molar-refractivity contribution in [2.24, 2.45) is 0 Å². The SMILES string of the molecule is [Cl-].[Pd].c1c[nH+]c[nH]1. The van der Waals surface area contributed by atoms with Crippen LogP contribution in [0.5, 0.6) is 0 Å². The van der Waals surface area contributed by atoms with Crippen LogP contribution in [0.4, 0.5) is 0 Å². The molecule has 0 aliphatic carbocycles. The monoisotopic (exact) mass is 210 g/mol. The second kappa shape index (κ2) is 6.16. The van der Waals surface area contributed by atoms with Crippen molar-refractivity contribution in [3.8, 4) is 0 Å². The van der Waals surface area contributed by atoms with E-state index in [4.69, 9.17) is 0 Å². The largest absolute Gasteiger partial charge is 1.00 e. The Balaban J connectivity index is 0. The second-order valence-corrected chi connectivity index (χ2v) is 0.811. The molecule has 0 aliphatic rings. The molecule has 1 aromatic rings. The fraction of sp³-hybridized carbons (Fsp3) is 0. The van der Waals surface area contributed by atoms with Gasteiger partial charge in [0.2, 0.25) is 6.33 Å². The summed E-state index contributed by atoms with van der Waals surface area (Å²) < 4.78 is 0. The van der Waals surface area contributed by atoms with Crippen molar-refractivity contribution in [2.45, 2.75) is 0 Å². The van der Waals surface area contributed by atoms with Gasteiger partial charge in [0.15, 0.2) is 0 Å². The molecule has 0 bridgehead atoms. The fourth-order valence-corrected chi connectivity index (χ4v) is 0.241. The van der Waals surface area contributed by atoms with Crippen LogP contribution in [0.2, 0.25) is 0 Å². The number of aromatic nitrogens is 2. The Morgan fingerprint density at radius 3 is 2.29 bits per heavy atom. The first-order valence-corrected chi connectivity index (χ1v) is 1.49. The summed E-state index contributed by atoms with van der Waals surface area (Å²) in [7, 11) is 0. The minimum Gasteiger partial charge on any atom is -1.00 e. The Kier molecular flexibility index (Phi) is 8.98. The van der Waals surface area contributed by atoms with Crippen molar-refractivity contribution in [3.63, 3.8) is 0 Å². The third kappa shape index (κ3) is 4.01. The van der Waals surface area contributed by atoms with E-state index < -0.39 is 0 Å². The predicted octanol–water partition coefficient (Wildman–Crippen LogP) is -3.17. The molecular formula is C3H5ClN2Pd. The summed E-state index contributed by atoms with van der Waals surface area (Å²) in [5, 5.41) is 0. The summed E-state index contributed by atoms with van der Waals surface area (Å²) in [4.78, 5) is 5.61. The summed E-state index contributed by atoms with van der Waals surface area (Å²) in [5.41, 5.74) is 0. The average molecular weight is 211 g/mol. The second-order valence-electron chi connectivity index (χ2n) is 0.811. The molecule has 0 amide bonds. The molecule has 1 aromatic heterocycles. The quantitative estimate of drug-likeness (QED) is 0.439. The third-order valence-electron chi connectivity index (χ3n) is 0.442. The number of aromatic amines is 2. The van der Waals surface area contributed by atoms with Crippen molar-refractivity contribution in [1.82, 2.24) is 4.98 Å². The van der Waals surface area contributed by atoms with Gasteiger partial charge in [-0.3, -0.25) is 9.97 Å². The van der Waals surface area contributed by atoms with E-state index in [1.807, 2.05) is 12.4 Å². The molecule has 44 valence electrons. The summed E-state index contributed by atoms with van der Waals surface area (Å²) in [6.07, 6.45) is 5.39. The van der Waals surface area contributed by atoms with E-state index in [1.165, 1.54) is 0 Å². The van der Waals surface area contributed by atoms with Gasteiger partial charge >= 0.3 is 0 Å². The average Bonchev–Trinajstić information content (AvgIpc) is 1.76. The maximum atomic E-state index is 2.81. The molecule has 1 heterocycles. The van der Waals surface area contributed by atoms with Gasteiger partial charge in [-0.1, -0.05) is 0 Å². The van der Waals surface area contributed by atoms with Gasteiger partial charge in [-0.15, -0.1) is 0 Å². The number of rotatable bonds is 0. The Bertz CT molecular complexity index is 69.4. The number of hydrogen-bond donors (Lipinski definition) is 1. The van der Waals surface area contributed by atoms with Crippen LogP contribution >= 0.6 is 0 Å². The van der Waals surface area contributed by atoms with Gasteiger partial charge in [-0.2, -0.15) is 0 Å². The van der Waals surface area contributed by atoms with Crippen LogP contribution < -0.4 is 17.4 Å². The molecule has 2 nitrogen and oxygen atoms in total. The first-order chi connectivity index (χ1) is 2.50. The number of H-pyrrole nitrogens is 2. The number of nitrogens with one attached hydrogen (secondary N) is 2. The minimum absolute atomic E-state index is 0. The van der Waals surface area contributed by atoms with Gasteiger partial charge in [0.25, 0.3) is 0 Å². The minimum atomic E-state index is 0. The fourth-order valence-electron chi connectivity index (χ4n) is 0.241. The molecule has 0 atom stereocenters. The van der Waals surface area contributed by atoms with E-state index in [9.17, 15) is 0 Å². The molecule has 0 unspecified atom stereocenters. The van der Waals surface area contributed by atoms with Crippen LogP contribution in [0.25, 0.3) is 0 Å². The van der Waals surface area contributed by atoms with E-state index in [0.717, 1.165) is 0 Å². The van der Waals surface area contributed by atoms with E-state index in [1.54, 1.807) is 6.33 Å². The normalized spacial score (nSPS) is 5.71. The Morgan fingerprint density at radius 1 is 1.43 bits per heavy atom. The molecule has 0 radical (unpaired) electrons. The van der Waals surface area contributed by atoms with Gasteiger partial charge in [0.1, 0.15) is 12.4 Å². The first kappa shape index (κ1) is 10.2. The third-order valence-corrected chi connectivity index (χ3v) is 0.442. The van der Waals surface area contributed by atoms with Crippen LogP contribution in [0.1, 0.15) is 0 Å². The van der Waals surface area contributed by atoms with Gasteiger partial charge in [0.05, 0.1) is 0 Å². The van der Waals surface area contributed by atoms with Gasteiger partial charge in [-0.05, 0) is 0 Å².